The van der Waals surface area contributed by atoms with E-state index in [1.165, 1.54) is 0 Å². The first-order chi connectivity index (χ1) is 5.83. The van der Waals surface area contributed by atoms with E-state index < -0.39 is 8.32 Å². The van der Waals surface area contributed by atoms with Crippen molar-refractivity contribution in [1.29, 1.82) is 0 Å². The van der Waals surface area contributed by atoms with Gasteiger partial charge in [0.25, 0.3) is 0 Å². The van der Waals surface area contributed by atoms with Crippen LogP contribution in [0.25, 0.3) is 0 Å². The van der Waals surface area contributed by atoms with E-state index >= 15 is 0 Å². The maximum Gasteiger partial charge on any atom is 0.377 e. The normalized spacial score (nSPS) is 11.1. The minimum atomic E-state index is -1.72. The Labute approximate surface area is 80.5 Å². The fourth-order valence-corrected chi connectivity index (χ4v) is 1.83. The standard InChI is InChI=1S/C9H18O3Si/c1-8(2)9(10)12-6-5-7-13(3,4)11/h11H,1,5-7H2,2-4H3/p+1. The number of esters is 1. The molecule has 0 bridgehead atoms. The second-order valence-corrected chi connectivity index (χ2v) is 8.17. The van der Waals surface area contributed by atoms with Gasteiger partial charge >= 0.3 is 14.3 Å². The van der Waals surface area contributed by atoms with Gasteiger partial charge in [-0.05, 0) is 13.3 Å². The molecule has 0 heterocycles. The number of ether oxygens (including phenoxy) is 1. The lowest BCUT2D eigenvalue weighted by atomic mass is 10.4. The topological polar surface area (TPSA) is 49.2 Å². The third kappa shape index (κ3) is 7.74. The molecule has 0 spiro atoms. The van der Waals surface area contributed by atoms with Gasteiger partial charge in [0, 0.05) is 24.7 Å². The first-order valence-electron chi connectivity index (χ1n) is 4.40. The number of hydrogen-bond acceptors (Lipinski definition) is 2. The van der Waals surface area contributed by atoms with Crippen LogP contribution in [-0.2, 0) is 9.53 Å². The van der Waals surface area contributed by atoms with Gasteiger partial charge in [-0.1, -0.05) is 6.58 Å². The summed E-state index contributed by atoms with van der Waals surface area (Å²) in [6.07, 6.45) is 0.793. The summed E-state index contributed by atoms with van der Waals surface area (Å²) in [6.45, 7) is 9.49. The summed E-state index contributed by atoms with van der Waals surface area (Å²) < 4.78 is 4.90. The number of rotatable bonds is 5. The van der Waals surface area contributed by atoms with Crippen LogP contribution < -0.4 is 0 Å². The van der Waals surface area contributed by atoms with E-state index in [4.69, 9.17) is 9.53 Å². The van der Waals surface area contributed by atoms with Crippen molar-refractivity contribution in [3.63, 3.8) is 0 Å². The molecule has 0 saturated heterocycles. The smallest absolute Gasteiger partial charge is 0.377 e. The third-order valence-corrected chi connectivity index (χ3v) is 3.13. The van der Waals surface area contributed by atoms with Crippen LogP contribution in [0.2, 0.25) is 19.1 Å². The maximum absolute atomic E-state index is 10.9. The molecule has 0 aromatic rings. The molecule has 0 fully saturated rings. The van der Waals surface area contributed by atoms with Crippen LogP contribution in [0.5, 0.6) is 0 Å². The zero-order chi connectivity index (χ0) is 10.5. The van der Waals surface area contributed by atoms with E-state index in [2.05, 4.69) is 6.58 Å². The Kier molecular flexibility index (Phi) is 4.94. The maximum atomic E-state index is 10.9. The van der Waals surface area contributed by atoms with Gasteiger partial charge in [0.05, 0.1) is 6.61 Å². The van der Waals surface area contributed by atoms with Crippen LogP contribution >= 0.6 is 0 Å². The highest BCUT2D eigenvalue weighted by Crippen LogP contribution is 2.07. The van der Waals surface area contributed by atoms with Crippen LogP contribution in [0.1, 0.15) is 13.3 Å². The van der Waals surface area contributed by atoms with Crippen molar-refractivity contribution < 1.29 is 14.3 Å². The third-order valence-electron chi connectivity index (χ3n) is 1.53. The van der Waals surface area contributed by atoms with Crippen molar-refractivity contribution in [3.05, 3.63) is 12.2 Å². The minimum Gasteiger partial charge on any atom is -0.542 e. The molecule has 0 aliphatic heterocycles. The van der Waals surface area contributed by atoms with Crippen molar-refractivity contribution in [1.82, 2.24) is 0 Å². The van der Waals surface area contributed by atoms with E-state index in [0.29, 0.717) is 12.2 Å². The van der Waals surface area contributed by atoms with E-state index in [0.717, 1.165) is 12.5 Å². The quantitative estimate of drug-likeness (QED) is 0.223. The predicted molar refractivity (Wildman–Crippen MR) is 56.3 cm³/mol. The van der Waals surface area contributed by atoms with E-state index in [1.54, 1.807) is 6.92 Å². The molecule has 0 unspecified atom stereocenters. The Balaban J connectivity index is 3.47. The first kappa shape index (κ1) is 12.4. The second-order valence-electron chi connectivity index (χ2n) is 3.90. The molecule has 2 N–H and O–H groups in total. The van der Waals surface area contributed by atoms with Crippen LogP contribution in [0.3, 0.4) is 0 Å². The summed E-state index contributed by atoms with van der Waals surface area (Å²) in [4.78, 5) is 18.6. The van der Waals surface area contributed by atoms with Crippen molar-refractivity contribution in [2.75, 3.05) is 6.61 Å². The summed E-state index contributed by atoms with van der Waals surface area (Å²) in [5, 5.41) is 0. The molecule has 0 saturated carbocycles. The van der Waals surface area contributed by atoms with Crippen molar-refractivity contribution in [2.24, 2.45) is 0 Å². The molecule has 0 aliphatic carbocycles. The van der Waals surface area contributed by atoms with Crippen LogP contribution in [0, 0.1) is 0 Å². The van der Waals surface area contributed by atoms with Crippen LogP contribution in [-0.4, -0.2) is 25.7 Å². The predicted octanol–water partition coefficient (Wildman–Crippen LogP) is 1.43. The van der Waals surface area contributed by atoms with Gasteiger partial charge in [-0.3, -0.25) is 0 Å². The van der Waals surface area contributed by atoms with Crippen molar-refractivity contribution in [2.45, 2.75) is 32.5 Å². The summed E-state index contributed by atoms with van der Waals surface area (Å²) in [5.74, 6) is -0.329. The highest BCUT2D eigenvalue weighted by molar-refractivity contribution is 6.69. The second kappa shape index (κ2) is 5.19. The summed E-state index contributed by atoms with van der Waals surface area (Å²) in [6, 6.07) is 0.871. The van der Waals surface area contributed by atoms with Crippen molar-refractivity contribution in [3.8, 4) is 0 Å². The summed E-state index contributed by atoms with van der Waals surface area (Å²) in [7, 11) is -1.72. The Bertz CT molecular complexity index is 194. The Morgan fingerprint density at radius 1 is 1.54 bits per heavy atom. The number of carbonyl (C=O) groups is 1. The Hall–Kier alpha value is -0.613. The summed E-state index contributed by atoms with van der Waals surface area (Å²) in [5.41, 5.74) is 0.433. The Morgan fingerprint density at radius 2 is 2.08 bits per heavy atom. The molecule has 0 atom stereocenters. The summed E-state index contributed by atoms with van der Waals surface area (Å²) >= 11 is 0. The monoisotopic (exact) mass is 203 g/mol. The molecule has 0 radical (unpaired) electrons. The highest BCUT2D eigenvalue weighted by Gasteiger charge is 2.25. The van der Waals surface area contributed by atoms with E-state index in [-0.39, 0.29) is 5.97 Å². The lowest BCUT2D eigenvalue weighted by Crippen LogP contribution is -2.25. The number of carbonyl (C=O) groups excluding carboxylic acids is 1. The first-order valence-corrected chi connectivity index (χ1v) is 7.61. The molecule has 13 heavy (non-hydrogen) atoms. The molecular weight excluding hydrogens is 184 g/mol. The SMILES string of the molecule is C=C(C)C(=O)OCCC[Si](C)(C)[OH2+]. The molecule has 3 nitrogen and oxygen atoms in total. The minimum absolute atomic E-state index is 0.329. The zero-order valence-electron chi connectivity index (χ0n) is 8.64. The van der Waals surface area contributed by atoms with Gasteiger partial charge in [0.1, 0.15) is 0 Å². The highest BCUT2D eigenvalue weighted by atomic mass is 28.4. The zero-order valence-corrected chi connectivity index (χ0v) is 9.64. The average molecular weight is 203 g/mol. The largest absolute Gasteiger partial charge is 0.542 e. The van der Waals surface area contributed by atoms with Gasteiger partial charge in [0.2, 0.25) is 0 Å². The van der Waals surface area contributed by atoms with E-state index in [1.807, 2.05) is 13.1 Å². The van der Waals surface area contributed by atoms with Crippen LogP contribution in [0.15, 0.2) is 12.2 Å². The van der Waals surface area contributed by atoms with Gasteiger partial charge < -0.3 is 9.53 Å². The molecular formula is C9H19O3Si+. The molecule has 0 amide bonds. The fraction of sp³-hybridized carbons (Fsp3) is 0.667. The number of hydrogen-bond donors (Lipinski definition) is 0. The lowest BCUT2D eigenvalue weighted by Gasteiger charge is -2.07. The lowest BCUT2D eigenvalue weighted by molar-refractivity contribution is -0.138. The molecule has 4 heteroatoms. The molecule has 0 aliphatic rings. The fourth-order valence-electron chi connectivity index (χ4n) is 0.802. The van der Waals surface area contributed by atoms with Gasteiger partial charge in [0.15, 0.2) is 0 Å². The molecule has 76 valence electrons. The van der Waals surface area contributed by atoms with Gasteiger partial charge in [-0.2, -0.15) is 0 Å². The van der Waals surface area contributed by atoms with Crippen LogP contribution in [0.4, 0.5) is 0 Å². The Morgan fingerprint density at radius 3 is 2.46 bits per heavy atom. The average Bonchev–Trinajstić information content (AvgIpc) is 1.95. The molecule has 0 aromatic heterocycles. The molecule has 0 rings (SSSR count). The van der Waals surface area contributed by atoms with Crippen molar-refractivity contribution >= 4 is 14.3 Å². The van der Waals surface area contributed by atoms with Gasteiger partial charge in [-0.25, -0.2) is 4.79 Å². The van der Waals surface area contributed by atoms with E-state index in [9.17, 15) is 4.79 Å². The molecule has 0 aromatic carbocycles. The van der Waals surface area contributed by atoms with Gasteiger partial charge in [-0.15, -0.1) is 0 Å².